The summed E-state index contributed by atoms with van der Waals surface area (Å²) >= 11 is 0. The van der Waals surface area contributed by atoms with Crippen molar-refractivity contribution >= 4 is 11.8 Å². The summed E-state index contributed by atoms with van der Waals surface area (Å²) in [6.45, 7) is 7.90. The van der Waals surface area contributed by atoms with Crippen molar-refractivity contribution in [3.05, 3.63) is 12.2 Å². The topological polar surface area (TPSA) is 61.8 Å². The molecule has 0 aromatic heterocycles. The van der Waals surface area contributed by atoms with Crippen molar-refractivity contribution in [2.24, 2.45) is 28.6 Å². The quantitative estimate of drug-likeness (QED) is 0.253. The fourth-order valence-corrected chi connectivity index (χ4v) is 5.64. The van der Waals surface area contributed by atoms with Crippen molar-refractivity contribution in [1.29, 1.82) is 0 Å². The van der Waals surface area contributed by atoms with Crippen LogP contribution in [-0.2, 0) is 23.8 Å². The molecular formula is C24H38O5. The summed E-state index contributed by atoms with van der Waals surface area (Å²) in [5.41, 5.74) is -0.741. The van der Waals surface area contributed by atoms with E-state index in [0.717, 1.165) is 45.1 Å². The van der Waals surface area contributed by atoms with Crippen LogP contribution in [0.2, 0.25) is 0 Å². The van der Waals surface area contributed by atoms with Gasteiger partial charge in [0.1, 0.15) is 5.41 Å². The lowest BCUT2D eigenvalue weighted by molar-refractivity contribution is -0.163. The van der Waals surface area contributed by atoms with Crippen molar-refractivity contribution in [2.75, 3.05) is 20.3 Å². The molecule has 1 heterocycles. The van der Waals surface area contributed by atoms with Gasteiger partial charge in [-0.15, -0.1) is 0 Å². The molecule has 164 valence electrons. The molecule has 0 amide bonds. The van der Waals surface area contributed by atoms with Crippen LogP contribution in [0.25, 0.3) is 0 Å². The van der Waals surface area contributed by atoms with E-state index in [4.69, 9.17) is 14.2 Å². The van der Waals surface area contributed by atoms with Gasteiger partial charge in [-0.3, -0.25) is 9.59 Å². The maximum absolute atomic E-state index is 13.3. The average Bonchev–Trinajstić information content (AvgIpc) is 3.25. The zero-order chi connectivity index (χ0) is 21.1. The number of esters is 1. The molecule has 0 spiro atoms. The third kappa shape index (κ3) is 4.61. The lowest BCUT2D eigenvalue weighted by Gasteiger charge is -2.35. The molecule has 3 fully saturated rings. The molecule has 29 heavy (non-hydrogen) atoms. The normalized spacial score (nSPS) is 36.5. The van der Waals surface area contributed by atoms with Gasteiger partial charge in [-0.1, -0.05) is 32.9 Å². The van der Waals surface area contributed by atoms with Gasteiger partial charge >= 0.3 is 5.97 Å². The molecule has 0 N–H and O–H groups in total. The molecule has 3 aliphatic rings. The Morgan fingerprint density at radius 2 is 2.03 bits per heavy atom. The standard InChI is InChI=1S/C24H38O5/c1-17-15-18-19(23(18,2)3)16-20(25)24(17,22(26)27-4)12-8-5-6-9-13-28-21-11-7-10-14-29-21/h6,9,17-19,21H,5,7-8,10-16H2,1-4H3/b9-6+/t17-,18-,19+,21?,24?/m1/s1. The molecule has 1 saturated heterocycles. The van der Waals surface area contributed by atoms with E-state index < -0.39 is 5.41 Å². The van der Waals surface area contributed by atoms with E-state index in [1.807, 2.05) is 6.08 Å². The van der Waals surface area contributed by atoms with Gasteiger partial charge in [0.15, 0.2) is 12.1 Å². The minimum atomic E-state index is -0.974. The fraction of sp³-hybridized carbons (Fsp3) is 0.833. The van der Waals surface area contributed by atoms with E-state index in [9.17, 15) is 9.59 Å². The van der Waals surface area contributed by atoms with Gasteiger partial charge in [0.25, 0.3) is 0 Å². The Kier molecular flexibility index (Phi) is 7.21. The van der Waals surface area contributed by atoms with Gasteiger partial charge in [-0.05, 0) is 68.1 Å². The third-order valence-electron chi connectivity index (χ3n) is 7.81. The van der Waals surface area contributed by atoms with Crippen molar-refractivity contribution in [1.82, 2.24) is 0 Å². The largest absolute Gasteiger partial charge is 0.468 e. The van der Waals surface area contributed by atoms with Crippen molar-refractivity contribution in [3.8, 4) is 0 Å². The molecule has 5 heteroatoms. The Balaban J connectivity index is 1.52. The molecule has 2 aliphatic carbocycles. The number of methoxy groups -OCH3 is 1. The van der Waals surface area contributed by atoms with Gasteiger partial charge in [-0.25, -0.2) is 0 Å². The van der Waals surface area contributed by atoms with Gasteiger partial charge in [0, 0.05) is 13.0 Å². The van der Waals surface area contributed by atoms with E-state index in [2.05, 4.69) is 26.8 Å². The van der Waals surface area contributed by atoms with Crippen molar-refractivity contribution in [2.45, 2.75) is 78.4 Å². The number of ketones is 1. The van der Waals surface area contributed by atoms with Gasteiger partial charge in [-0.2, -0.15) is 0 Å². The predicted octanol–water partition coefficient (Wildman–Crippen LogP) is 4.69. The molecule has 0 radical (unpaired) electrons. The zero-order valence-corrected chi connectivity index (χ0v) is 18.6. The first kappa shape index (κ1) is 22.5. The van der Waals surface area contributed by atoms with Crippen LogP contribution >= 0.6 is 0 Å². The van der Waals surface area contributed by atoms with Gasteiger partial charge < -0.3 is 14.2 Å². The molecule has 0 bridgehead atoms. The van der Waals surface area contributed by atoms with Crippen LogP contribution in [0.3, 0.4) is 0 Å². The van der Waals surface area contributed by atoms with Crippen LogP contribution < -0.4 is 0 Å². The first-order valence-corrected chi connectivity index (χ1v) is 11.3. The number of unbranched alkanes of at least 4 members (excludes halogenated alkanes) is 1. The molecule has 0 aromatic carbocycles. The van der Waals surface area contributed by atoms with Crippen LogP contribution in [0, 0.1) is 28.6 Å². The molecule has 5 atom stereocenters. The second-order valence-electron chi connectivity index (χ2n) is 9.75. The van der Waals surface area contributed by atoms with Crippen molar-refractivity contribution < 1.29 is 23.8 Å². The highest BCUT2D eigenvalue weighted by atomic mass is 16.7. The molecule has 2 saturated carbocycles. The number of carbonyl (C=O) groups is 2. The van der Waals surface area contributed by atoms with Crippen LogP contribution in [0.4, 0.5) is 0 Å². The van der Waals surface area contributed by atoms with E-state index in [-0.39, 0.29) is 29.4 Å². The minimum Gasteiger partial charge on any atom is -0.468 e. The predicted molar refractivity (Wildman–Crippen MR) is 111 cm³/mol. The molecule has 3 rings (SSSR count). The summed E-state index contributed by atoms with van der Waals surface area (Å²) < 4.78 is 16.4. The number of hydrogen-bond donors (Lipinski definition) is 0. The number of ether oxygens (including phenoxy) is 3. The first-order valence-electron chi connectivity index (χ1n) is 11.3. The number of rotatable bonds is 8. The second kappa shape index (κ2) is 9.30. The maximum Gasteiger partial charge on any atom is 0.319 e. The summed E-state index contributed by atoms with van der Waals surface area (Å²) in [5.74, 6) is 0.748. The lowest BCUT2D eigenvalue weighted by Crippen LogP contribution is -2.45. The average molecular weight is 407 g/mol. The number of carbonyl (C=O) groups excluding carboxylic acids is 2. The Bertz CT molecular complexity index is 619. The monoisotopic (exact) mass is 406 g/mol. The number of fused-ring (bicyclic) bond motifs is 1. The van der Waals surface area contributed by atoms with Crippen LogP contribution in [0.1, 0.15) is 72.1 Å². The summed E-state index contributed by atoms with van der Waals surface area (Å²) in [4.78, 5) is 26.1. The third-order valence-corrected chi connectivity index (χ3v) is 7.81. The Hall–Kier alpha value is -1.20. The summed E-state index contributed by atoms with van der Waals surface area (Å²) in [6, 6.07) is 0. The fourth-order valence-electron chi connectivity index (χ4n) is 5.64. The molecule has 5 nitrogen and oxygen atoms in total. The van der Waals surface area contributed by atoms with Gasteiger partial charge in [0.05, 0.1) is 13.7 Å². The second-order valence-corrected chi connectivity index (χ2v) is 9.75. The lowest BCUT2D eigenvalue weighted by atomic mass is 9.67. The van der Waals surface area contributed by atoms with E-state index in [0.29, 0.717) is 31.3 Å². The number of allylic oxidation sites excluding steroid dienone is 1. The van der Waals surface area contributed by atoms with Crippen LogP contribution in [0.15, 0.2) is 12.2 Å². The van der Waals surface area contributed by atoms with Crippen LogP contribution in [-0.4, -0.2) is 38.4 Å². The molecule has 0 aromatic rings. The Morgan fingerprint density at radius 1 is 1.24 bits per heavy atom. The number of Topliss-reactive ketones (excluding diaryl/α,β-unsaturated/α-hetero) is 1. The van der Waals surface area contributed by atoms with Crippen LogP contribution in [0.5, 0.6) is 0 Å². The van der Waals surface area contributed by atoms with E-state index >= 15 is 0 Å². The summed E-state index contributed by atoms with van der Waals surface area (Å²) in [7, 11) is 1.41. The summed E-state index contributed by atoms with van der Waals surface area (Å²) in [6.07, 6.45) is 10.9. The highest BCUT2D eigenvalue weighted by molar-refractivity contribution is 6.04. The molecular weight excluding hydrogens is 368 g/mol. The Labute approximate surface area is 175 Å². The van der Waals surface area contributed by atoms with E-state index in [1.54, 1.807) is 0 Å². The Morgan fingerprint density at radius 3 is 2.72 bits per heavy atom. The highest BCUT2D eigenvalue weighted by Crippen LogP contribution is 2.66. The molecule has 2 unspecified atom stereocenters. The van der Waals surface area contributed by atoms with Gasteiger partial charge in [0.2, 0.25) is 0 Å². The molecule has 1 aliphatic heterocycles. The maximum atomic E-state index is 13.3. The van der Waals surface area contributed by atoms with Crippen molar-refractivity contribution in [3.63, 3.8) is 0 Å². The SMILES string of the molecule is COC(=O)C1(CCC/C=C/COC2CCCCO2)C(=O)C[C@H]2[C@@H](C[C@H]1C)C2(C)C. The van der Waals surface area contributed by atoms with E-state index in [1.165, 1.54) is 7.11 Å². The highest BCUT2D eigenvalue weighted by Gasteiger charge is 2.64. The number of hydrogen-bond acceptors (Lipinski definition) is 5. The summed E-state index contributed by atoms with van der Waals surface area (Å²) in [5, 5.41) is 0. The minimum absolute atomic E-state index is 0.0231. The zero-order valence-electron chi connectivity index (χ0n) is 18.6. The first-order chi connectivity index (χ1) is 13.8. The smallest absolute Gasteiger partial charge is 0.319 e.